The first-order valence-corrected chi connectivity index (χ1v) is 4.51. The van der Waals surface area contributed by atoms with E-state index in [0.29, 0.717) is 12.2 Å². The van der Waals surface area contributed by atoms with Gasteiger partial charge < -0.3 is 15.7 Å². The molecular weight excluding hydrogens is 192 g/mol. The van der Waals surface area contributed by atoms with Gasteiger partial charge in [-0.2, -0.15) is 0 Å². The molecule has 4 nitrogen and oxygen atoms in total. The first-order valence-electron chi connectivity index (χ1n) is 4.51. The van der Waals surface area contributed by atoms with E-state index in [9.17, 15) is 0 Å². The molecule has 0 saturated heterocycles. The molecule has 0 amide bonds. The molecule has 4 heteroatoms. The van der Waals surface area contributed by atoms with Crippen molar-refractivity contribution in [3.63, 3.8) is 0 Å². The number of amidine groups is 1. The number of nitrogens with two attached hydrogens (primary N) is 1. The molecule has 1 aromatic carbocycles. The Morgan fingerprint density at radius 1 is 1.67 bits per heavy atom. The zero-order chi connectivity index (χ0) is 11.3. The Balaban J connectivity index is 2.92. The van der Waals surface area contributed by atoms with Crippen LogP contribution in [0.2, 0.25) is 0 Å². The average Bonchev–Trinajstić information content (AvgIpc) is 2.25. The third kappa shape index (κ3) is 2.74. The molecule has 3 N–H and O–H groups in total. The standard InChI is InChI=1S/C11H14N2O2/c1-3-6-15-9-4-5-10(8(2)7-9)11(12)13-14/h3-5,7,14H,1,6H2,2H3,(H2,12,13). The van der Waals surface area contributed by atoms with E-state index in [1.165, 1.54) is 0 Å². The summed E-state index contributed by atoms with van der Waals surface area (Å²) in [5.41, 5.74) is 7.08. The molecule has 0 heterocycles. The molecule has 0 radical (unpaired) electrons. The van der Waals surface area contributed by atoms with Gasteiger partial charge in [0.05, 0.1) is 0 Å². The van der Waals surface area contributed by atoms with E-state index in [4.69, 9.17) is 15.7 Å². The number of ether oxygens (including phenoxy) is 1. The van der Waals surface area contributed by atoms with Gasteiger partial charge in [-0.05, 0) is 30.7 Å². The maximum absolute atomic E-state index is 8.54. The minimum Gasteiger partial charge on any atom is -0.490 e. The highest BCUT2D eigenvalue weighted by molar-refractivity contribution is 5.98. The Bertz CT molecular complexity index is 386. The molecule has 0 atom stereocenters. The minimum absolute atomic E-state index is 0.0998. The van der Waals surface area contributed by atoms with Gasteiger partial charge in [0.1, 0.15) is 12.4 Å². The fourth-order valence-electron chi connectivity index (χ4n) is 1.22. The van der Waals surface area contributed by atoms with Crippen LogP contribution in [-0.2, 0) is 0 Å². The normalized spacial score (nSPS) is 11.1. The van der Waals surface area contributed by atoms with Crippen LogP contribution in [0.4, 0.5) is 0 Å². The van der Waals surface area contributed by atoms with Gasteiger partial charge in [-0.1, -0.05) is 17.8 Å². The van der Waals surface area contributed by atoms with Crippen LogP contribution in [0.25, 0.3) is 0 Å². The van der Waals surface area contributed by atoms with Crippen molar-refractivity contribution in [1.82, 2.24) is 0 Å². The van der Waals surface area contributed by atoms with Crippen molar-refractivity contribution in [3.8, 4) is 5.75 Å². The maximum Gasteiger partial charge on any atom is 0.170 e. The lowest BCUT2D eigenvalue weighted by molar-refractivity contribution is 0.318. The number of aryl methyl sites for hydroxylation is 1. The van der Waals surface area contributed by atoms with Crippen molar-refractivity contribution in [2.24, 2.45) is 10.9 Å². The molecule has 0 unspecified atom stereocenters. The van der Waals surface area contributed by atoms with Crippen LogP contribution in [0.3, 0.4) is 0 Å². The molecular formula is C11H14N2O2. The zero-order valence-corrected chi connectivity index (χ0v) is 8.60. The molecule has 1 rings (SSSR count). The quantitative estimate of drug-likeness (QED) is 0.259. The van der Waals surface area contributed by atoms with Gasteiger partial charge in [0, 0.05) is 5.56 Å². The number of benzene rings is 1. The Hall–Kier alpha value is -1.97. The molecule has 0 saturated carbocycles. The maximum atomic E-state index is 8.54. The van der Waals surface area contributed by atoms with Gasteiger partial charge in [0.2, 0.25) is 0 Å². The van der Waals surface area contributed by atoms with Crippen LogP contribution < -0.4 is 10.5 Å². The van der Waals surface area contributed by atoms with Gasteiger partial charge in [-0.3, -0.25) is 0 Å². The molecule has 80 valence electrons. The number of rotatable bonds is 4. The van der Waals surface area contributed by atoms with E-state index >= 15 is 0 Å². The molecule has 0 aliphatic heterocycles. The predicted molar refractivity (Wildman–Crippen MR) is 59.4 cm³/mol. The van der Waals surface area contributed by atoms with Crippen LogP contribution >= 0.6 is 0 Å². The highest BCUT2D eigenvalue weighted by atomic mass is 16.5. The number of hydrogen-bond acceptors (Lipinski definition) is 3. The molecule has 1 aromatic rings. The van der Waals surface area contributed by atoms with Crippen molar-refractivity contribution >= 4 is 5.84 Å². The second-order valence-corrected chi connectivity index (χ2v) is 3.06. The summed E-state index contributed by atoms with van der Waals surface area (Å²) in [6, 6.07) is 5.35. The molecule has 0 aliphatic rings. The Labute approximate surface area is 88.7 Å². The lowest BCUT2D eigenvalue weighted by Gasteiger charge is -2.07. The van der Waals surface area contributed by atoms with E-state index < -0.39 is 0 Å². The van der Waals surface area contributed by atoms with Gasteiger partial charge in [-0.15, -0.1) is 0 Å². The summed E-state index contributed by atoms with van der Waals surface area (Å²) in [5.74, 6) is 0.838. The predicted octanol–water partition coefficient (Wildman–Crippen LogP) is 1.65. The van der Waals surface area contributed by atoms with Crippen molar-refractivity contribution in [2.75, 3.05) is 6.61 Å². The van der Waals surface area contributed by atoms with E-state index in [1.54, 1.807) is 18.2 Å². The third-order valence-electron chi connectivity index (χ3n) is 1.95. The fourth-order valence-corrected chi connectivity index (χ4v) is 1.22. The summed E-state index contributed by atoms with van der Waals surface area (Å²) in [6.07, 6.45) is 1.67. The smallest absolute Gasteiger partial charge is 0.170 e. The molecule has 0 aliphatic carbocycles. The van der Waals surface area contributed by atoms with Crippen molar-refractivity contribution in [1.29, 1.82) is 0 Å². The van der Waals surface area contributed by atoms with Gasteiger partial charge in [-0.25, -0.2) is 0 Å². The average molecular weight is 206 g/mol. The van der Waals surface area contributed by atoms with Gasteiger partial charge in [0.15, 0.2) is 5.84 Å². The van der Waals surface area contributed by atoms with Crippen LogP contribution in [-0.4, -0.2) is 17.6 Å². The molecule has 15 heavy (non-hydrogen) atoms. The lowest BCUT2D eigenvalue weighted by atomic mass is 10.1. The molecule has 0 aromatic heterocycles. The lowest BCUT2D eigenvalue weighted by Crippen LogP contribution is -2.14. The van der Waals surface area contributed by atoms with Crippen LogP contribution in [0.1, 0.15) is 11.1 Å². The van der Waals surface area contributed by atoms with E-state index in [-0.39, 0.29) is 5.84 Å². The second kappa shape index (κ2) is 5.05. The number of oxime groups is 1. The van der Waals surface area contributed by atoms with Crippen LogP contribution in [0, 0.1) is 6.92 Å². The molecule has 0 bridgehead atoms. The number of hydrogen-bond donors (Lipinski definition) is 2. The largest absolute Gasteiger partial charge is 0.490 e. The Morgan fingerprint density at radius 3 is 2.93 bits per heavy atom. The summed E-state index contributed by atoms with van der Waals surface area (Å²) in [4.78, 5) is 0. The third-order valence-corrected chi connectivity index (χ3v) is 1.95. The summed E-state index contributed by atoms with van der Waals surface area (Å²) in [7, 11) is 0. The van der Waals surface area contributed by atoms with Crippen molar-refractivity contribution < 1.29 is 9.94 Å². The van der Waals surface area contributed by atoms with Gasteiger partial charge in [0.25, 0.3) is 0 Å². The summed E-state index contributed by atoms with van der Waals surface area (Å²) in [6.45, 7) is 5.89. The Morgan fingerprint density at radius 2 is 2.40 bits per heavy atom. The van der Waals surface area contributed by atoms with Gasteiger partial charge >= 0.3 is 0 Å². The van der Waals surface area contributed by atoms with E-state index in [0.717, 1.165) is 11.3 Å². The monoisotopic (exact) mass is 206 g/mol. The summed E-state index contributed by atoms with van der Waals surface area (Å²) in [5, 5.41) is 11.5. The first-order chi connectivity index (χ1) is 7.19. The summed E-state index contributed by atoms with van der Waals surface area (Å²) < 4.78 is 5.34. The summed E-state index contributed by atoms with van der Waals surface area (Å²) >= 11 is 0. The van der Waals surface area contributed by atoms with Crippen LogP contribution in [0.5, 0.6) is 5.75 Å². The zero-order valence-electron chi connectivity index (χ0n) is 8.60. The van der Waals surface area contributed by atoms with E-state index in [2.05, 4.69) is 11.7 Å². The minimum atomic E-state index is 0.0998. The molecule has 0 fully saturated rings. The fraction of sp³-hybridized carbons (Fsp3) is 0.182. The second-order valence-electron chi connectivity index (χ2n) is 3.06. The highest BCUT2D eigenvalue weighted by Gasteiger charge is 2.04. The van der Waals surface area contributed by atoms with Crippen molar-refractivity contribution in [2.45, 2.75) is 6.92 Å². The number of nitrogens with zero attached hydrogens (tertiary/aromatic N) is 1. The first kappa shape index (κ1) is 11.1. The SMILES string of the molecule is C=CCOc1ccc(/C(N)=N/O)c(C)c1. The van der Waals surface area contributed by atoms with Crippen LogP contribution in [0.15, 0.2) is 36.0 Å². The highest BCUT2D eigenvalue weighted by Crippen LogP contribution is 2.17. The topological polar surface area (TPSA) is 67.8 Å². The van der Waals surface area contributed by atoms with Crippen molar-refractivity contribution in [3.05, 3.63) is 42.0 Å². The van der Waals surface area contributed by atoms with E-state index in [1.807, 2.05) is 13.0 Å². The Kier molecular flexibility index (Phi) is 3.74. The molecule has 0 spiro atoms.